The van der Waals surface area contributed by atoms with Crippen LogP contribution in [0.5, 0.6) is 0 Å². The molecule has 0 spiro atoms. The molecule has 6 heteroatoms. The van der Waals surface area contributed by atoms with E-state index in [4.69, 9.17) is 0 Å². The fourth-order valence-corrected chi connectivity index (χ4v) is 2.53. The van der Waals surface area contributed by atoms with Crippen molar-refractivity contribution in [3.63, 3.8) is 0 Å². The molecule has 1 aromatic carbocycles. The van der Waals surface area contributed by atoms with Gasteiger partial charge in [-0.05, 0) is 50.1 Å². The molecule has 6 nitrogen and oxygen atoms in total. The zero-order valence-corrected chi connectivity index (χ0v) is 15.2. The molecule has 1 atom stereocenters. The van der Waals surface area contributed by atoms with Crippen molar-refractivity contribution in [2.24, 2.45) is 0 Å². The predicted molar refractivity (Wildman–Crippen MR) is 105 cm³/mol. The lowest BCUT2D eigenvalue weighted by atomic mass is 10.1. The molecular weight excluding hydrogens is 326 g/mol. The lowest BCUT2D eigenvalue weighted by Gasteiger charge is -2.15. The van der Waals surface area contributed by atoms with Gasteiger partial charge in [0.25, 0.3) is 0 Å². The van der Waals surface area contributed by atoms with E-state index in [1.165, 1.54) is 11.1 Å². The third-order valence-corrected chi connectivity index (χ3v) is 4.20. The SMILES string of the molecule is Cc1cccc(Nc2cc(-c3cccnc3)nc(N[C@@H](C)CO)n2)c1C. The van der Waals surface area contributed by atoms with Crippen molar-refractivity contribution in [2.45, 2.75) is 26.8 Å². The molecule has 3 N–H and O–H groups in total. The highest BCUT2D eigenvalue weighted by atomic mass is 16.3. The van der Waals surface area contributed by atoms with Crippen LogP contribution in [0.25, 0.3) is 11.3 Å². The Bertz CT molecular complexity index is 883. The molecule has 26 heavy (non-hydrogen) atoms. The summed E-state index contributed by atoms with van der Waals surface area (Å²) in [7, 11) is 0. The lowest BCUT2D eigenvalue weighted by Crippen LogP contribution is -2.21. The van der Waals surface area contributed by atoms with E-state index in [-0.39, 0.29) is 12.6 Å². The molecule has 2 heterocycles. The van der Waals surface area contributed by atoms with Gasteiger partial charge in [0.15, 0.2) is 0 Å². The number of aromatic nitrogens is 3. The third-order valence-electron chi connectivity index (χ3n) is 4.20. The van der Waals surface area contributed by atoms with Crippen LogP contribution in [0.1, 0.15) is 18.1 Å². The first-order valence-corrected chi connectivity index (χ1v) is 8.57. The molecule has 0 aliphatic heterocycles. The van der Waals surface area contributed by atoms with Crippen LogP contribution in [0.4, 0.5) is 17.5 Å². The summed E-state index contributed by atoms with van der Waals surface area (Å²) in [6.07, 6.45) is 3.50. The van der Waals surface area contributed by atoms with Gasteiger partial charge in [0.1, 0.15) is 5.82 Å². The molecule has 0 radical (unpaired) electrons. The van der Waals surface area contributed by atoms with E-state index in [2.05, 4.69) is 45.5 Å². The molecule has 0 bridgehead atoms. The molecule has 0 amide bonds. The second-order valence-electron chi connectivity index (χ2n) is 6.30. The quantitative estimate of drug-likeness (QED) is 0.629. The van der Waals surface area contributed by atoms with Gasteiger partial charge in [0, 0.05) is 35.8 Å². The van der Waals surface area contributed by atoms with Crippen molar-refractivity contribution >= 4 is 17.5 Å². The predicted octanol–water partition coefficient (Wildman–Crippen LogP) is 3.69. The summed E-state index contributed by atoms with van der Waals surface area (Å²) in [4.78, 5) is 13.3. The van der Waals surface area contributed by atoms with Crippen LogP contribution in [0.3, 0.4) is 0 Å². The summed E-state index contributed by atoms with van der Waals surface area (Å²) in [5.74, 6) is 1.14. The van der Waals surface area contributed by atoms with E-state index >= 15 is 0 Å². The summed E-state index contributed by atoms with van der Waals surface area (Å²) >= 11 is 0. The Kier molecular flexibility index (Phi) is 5.43. The second kappa shape index (κ2) is 7.93. The monoisotopic (exact) mass is 349 g/mol. The smallest absolute Gasteiger partial charge is 0.225 e. The molecule has 3 aromatic rings. The van der Waals surface area contributed by atoms with Crippen molar-refractivity contribution in [1.29, 1.82) is 0 Å². The fourth-order valence-electron chi connectivity index (χ4n) is 2.53. The second-order valence-corrected chi connectivity index (χ2v) is 6.30. The van der Waals surface area contributed by atoms with Gasteiger partial charge in [-0.2, -0.15) is 4.98 Å². The molecule has 3 rings (SSSR count). The zero-order valence-electron chi connectivity index (χ0n) is 15.2. The van der Waals surface area contributed by atoms with Crippen molar-refractivity contribution in [2.75, 3.05) is 17.2 Å². The first-order chi connectivity index (χ1) is 12.6. The van der Waals surface area contributed by atoms with Gasteiger partial charge >= 0.3 is 0 Å². The molecule has 0 saturated carbocycles. The maximum Gasteiger partial charge on any atom is 0.225 e. The standard InChI is InChI=1S/C20H23N5O/c1-13-6-4-8-17(15(13)3)23-19-10-18(16-7-5-9-21-11-16)24-20(25-19)22-14(2)12-26/h4-11,14,26H,12H2,1-3H3,(H2,22,23,24,25)/t14-/m0/s1. The van der Waals surface area contributed by atoms with E-state index in [0.717, 1.165) is 16.9 Å². The molecule has 2 aromatic heterocycles. The number of aryl methyl sites for hydroxylation is 1. The average molecular weight is 349 g/mol. The average Bonchev–Trinajstić information content (AvgIpc) is 2.66. The topological polar surface area (TPSA) is 83.0 Å². The number of aliphatic hydroxyl groups is 1. The Morgan fingerprint density at radius 3 is 2.69 bits per heavy atom. The molecule has 0 saturated heterocycles. The largest absolute Gasteiger partial charge is 0.394 e. The maximum absolute atomic E-state index is 9.31. The zero-order chi connectivity index (χ0) is 18.5. The number of pyridine rings is 1. The molecular formula is C20H23N5O. The number of aliphatic hydroxyl groups excluding tert-OH is 1. The van der Waals surface area contributed by atoms with Crippen LogP contribution in [-0.4, -0.2) is 32.7 Å². The lowest BCUT2D eigenvalue weighted by molar-refractivity contribution is 0.281. The van der Waals surface area contributed by atoms with Crippen molar-refractivity contribution in [1.82, 2.24) is 15.0 Å². The third kappa shape index (κ3) is 4.15. The van der Waals surface area contributed by atoms with Gasteiger partial charge in [-0.25, -0.2) is 4.98 Å². The van der Waals surface area contributed by atoms with Gasteiger partial charge in [0.05, 0.1) is 12.3 Å². The summed E-state index contributed by atoms with van der Waals surface area (Å²) in [6.45, 7) is 6.03. The normalized spacial score (nSPS) is 11.8. The maximum atomic E-state index is 9.31. The van der Waals surface area contributed by atoms with Gasteiger partial charge in [-0.1, -0.05) is 12.1 Å². The first-order valence-electron chi connectivity index (χ1n) is 8.57. The summed E-state index contributed by atoms with van der Waals surface area (Å²) in [6, 6.07) is 11.7. The molecule has 0 fully saturated rings. The number of benzene rings is 1. The minimum atomic E-state index is -0.146. The minimum absolute atomic E-state index is 0.000228. The van der Waals surface area contributed by atoms with Crippen LogP contribution >= 0.6 is 0 Å². The molecule has 0 aliphatic carbocycles. The van der Waals surface area contributed by atoms with Gasteiger partial charge in [-0.15, -0.1) is 0 Å². The van der Waals surface area contributed by atoms with Crippen molar-refractivity contribution < 1.29 is 5.11 Å². The molecule has 0 aliphatic rings. The summed E-state index contributed by atoms with van der Waals surface area (Å²) in [5.41, 5.74) is 5.05. The number of nitrogens with zero attached hydrogens (tertiary/aromatic N) is 3. The number of nitrogens with one attached hydrogen (secondary N) is 2. The van der Waals surface area contributed by atoms with E-state index < -0.39 is 0 Å². The molecule has 134 valence electrons. The Hall–Kier alpha value is -2.99. The number of hydrogen-bond acceptors (Lipinski definition) is 6. The van der Waals surface area contributed by atoms with Crippen LogP contribution in [0, 0.1) is 13.8 Å². The van der Waals surface area contributed by atoms with E-state index in [1.807, 2.05) is 37.3 Å². The first kappa shape index (κ1) is 17.8. The van der Waals surface area contributed by atoms with Crippen LogP contribution in [-0.2, 0) is 0 Å². The van der Waals surface area contributed by atoms with E-state index in [1.54, 1.807) is 12.4 Å². The number of anilines is 3. The Balaban J connectivity index is 2.00. The van der Waals surface area contributed by atoms with Crippen molar-refractivity contribution in [3.05, 3.63) is 59.9 Å². The van der Waals surface area contributed by atoms with Gasteiger partial charge < -0.3 is 15.7 Å². The Morgan fingerprint density at radius 1 is 1.12 bits per heavy atom. The number of rotatable bonds is 6. The summed E-state index contributed by atoms with van der Waals surface area (Å²) in [5, 5.41) is 15.8. The van der Waals surface area contributed by atoms with E-state index in [9.17, 15) is 5.11 Å². The van der Waals surface area contributed by atoms with Crippen LogP contribution in [0.2, 0.25) is 0 Å². The summed E-state index contributed by atoms with van der Waals surface area (Å²) < 4.78 is 0. The van der Waals surface area contributed by atoms with E-state index in [0.29, 0.717) is 11.8 Å². The Morgan fingerprint density at radius 2 is 1.96 bits per heavy atom. The molecule has 0 unspecified atom stereocenters. The van der Waals surface area contributed by atoms with Crippen LogP contribution in [0.15, 0.2) is 48.8 Å². The highest BCUT2D eigenvalue weighted by molar-refractivity contribution is 5.68. The van der Waals surface area contributed by atoms with Crippen molar-refractivity contribution in [3.8, 4) is 11.3 Å². The fraction of sp³-hybridized carbons (Fsp3) is 0.250. The van der Waals surface area contributed by atoms with Crippen LogP contribution < -0.4 is 10.6 Å². The van der Waals surface area contributed by atoms with Gasteiger partial charge in [-0.3, -0.25) is 4.98 Å². The highest BCUT2D eigenvalue weighted by Gasteiger charge is 2.10. The minimum Gasteiger partial charge on any atom is -0.394 e. The Labute approximate surface area is 153 Å². The van der Waals surface area contributed by atoms with Gasteiger partial charge in [0.2, 0.25) is 5.95 Å². The number of hydrogen-bond donors (Lipinski definition) is 3. The highest BCUT2D eigenvalue weighted by Crippen LogP contribution is 2.26.